The molecule has 0 unspecified atom stereocenters. The molecule has 0 radical (unpaired) electrons. The molecule has 1 aromatic rings. The van der Waals surface area contributed by atoms with Crippen LogP contribution in [-0.4, -0.2) is 18.2 Å². The smallest absolute Gasteiger partial charge is 0.0685 e. The van der Waals surface area contributed by atoms with Crippen LogP contribution in [0.2, 0.25) is 5.02 Å². The fraction of sp³-hybridized carbons (Fsp3) is 0.455. The number of benzene rings is 1. The van der Waals surface area contributed by atoms with Crippen molar-refractivity contribution in [3.63, 3.8) is 0 Å². The summed E-state index contributed by atoms with van der Waals surface area (Å²) in [6.45, 7) is 2.59. The molecule has 1 aliphatic rings. The molecule has 1 aliphatic heterocycles. The van der Waals surface area contributed by atoms with Gasteiger partial charge >= 0.3 is 0 Å². The normalized spacial score (nSPS) is 17.9. The molecule has 2 N–H and O–H groups in total. The Bertz CT molecular complexity index is 337. The lowest BCUT2D eigenvalue weighted by atomic mass is 10.2. The van der Waals surface area contributed by atoms with Gasteiger partial charge in [-0.2, -0.15) is 5.06 Å². The summed E-state index contributed by atoms with van der Waals surface area (Å²) in [5, 5.41) is 2.59. The molecule has 0 aromatic heterocycles. The van der Waals surface area contributed by atoms with E-state index in [1.165, 1.54) is 6.42 Å². The zero-order valence-corrected chi connectivity index (χ0v) is 9.33. The van der Waals surface area contributed by atoms with Crippen molar-refractivity contribution in [1.29, 1.82) is 0 Å². The number of hydroxylamine groups is 2. The summed E-state index contributed by atoms with van der Waals surface area (Å²) >= 11 is 5.85. The van der Waals surface area contributed by atoms with Crippen LogP contribution in [0.1, 0.15) is 18.4 Å². The van der Waals surface area contributed by atoms with Gasteiger partial charge in [-0.15, -0.1) is 0 Å². The fourth-order valence-corrected chi connectivity index (χ4v) is 1.79. The highest BCUT2D eigenvalue weighted by Gasteiger charge is 2.11. The van der Waals surface area contributed by atoms with Gasteiger partial charge in [-0.25, -0.2) is 0 Å². The highest BCUT2D eigenvalue weighted by Crippen LogP contribution is 2.21. The SMILES string of the molecule is Nc1cc(CN2CCCCO2)ccc1Cl. The monoisotopic (exact) mass is 226 g/mol. The molecule has 3 nitrogen and oxygen atoms in total. The number of nitrogen functional groups attached to an aromatic ring is 1. The first kappa shape index (κ1) is 10.7. The van der Waals surface area contributed by atoms with Crippen LogP contribution in [-0.2, 0) is 11.4 Å². The van der Waals surface area contributed by atoms with Gasteiger partial charge in [-0.05, 0) is 30.5 Å². The van der Waals surface area contributed by atoms with E-state index in [1.807, 2.05) is 23.3 Å². The van der Waals surface area contributed by atoms with E-state index in [0.29, 0.717) is 10.7 Å². The summed E-state index contributed by atoms with van der Waals surface area (Å²) in [6.07, 6.45) is 2.35. The van der Waals surface area contributed by atoms with E-state index >= 15 is 0 Å². The van der Waals surface area contributed by atoms with Crippen LogP contribution in [0.3, 0.4) is 0 Å². The Kier molecular flexibility index (Phi) is 3.46. The molecule has 1 fully saturated rings. The Labute approximate surface area is 94.7 Å². The number of anilines is 1. The average Bonchev–Trinajstić information content (AvgIpc) is 2.25. The predicted octanol–water partition coefficient (Wildman–Crippen LogP) is 2.45. The molecule has 1 heterocycles. The quantitative estimate of drug-likeness (QED) is 0.788. The van der Waals surface area contributed by atoms with Crippen LogP contribution in [0.15, 0.2) is 18.2 Å². The standard InChI is InChI=1S/C11H15ClN2O/c12-10-4-3-9(7-11(10)13)8-14-5-1-2-6-15-14/h3-4,7H,1-2,5-6,8,13H2. The molecule has 0 aliphatic carbocycles. The summed E-state index contributed by atoms with van der Waals surface area (Å²) in [7, 11) is 0. The third-order valence-electron chi connectivity index (χ3n) is 2.50. The number of nitrogens with two attached hydrogens (primary N) is 1. The van der Waals surface area contributed by atoms with Crippen molar-refractivity contribution in [2.24, 2.45) is 0 Å². The second-order valence-corrected chi connectivity index (χ2v) is 4.17. The summed E-state index contributed by atoms with van der Waals surface area (Å²) in [6, 6.07) is 5.72. The van der Waals surface area contributed by atoms with E-state index in [-0.39, 0.29) is 0 Å². The van der Waals surface area contributed by atoms with Crippen molar-refractivity contribution in [3.8, 4) is 0 Å². The summed E-state index contributed by atoms with van der Waals surface area (Å²) in [5.74, 6) is 0. The van der Waals surface area contributed by atoms with Gasteiger partial charge in [0.05, 0.1) is 17.3 Å². The van der Waals surface area contributed by atoms with Gasteiger partial charge in [0.2, 0.25) is 0 Å². The Morgan fingerprint density at radius 2 is 2.27 bits per heavy atom. The maximum absolute atomic E-state index is 5.85. The molecule has 82 valence electrons. The molecular formula is C11H15ClN2O. The Balaban J connectivity index is 2.00. The summed E-state index contributed by atoms with van der Waals surface area (Å²) < 4.78 is 0. The number of hydrogen-bond donors (Lipinski definition) is 1. The van der Waals surface area contributed by atoms with Crippen molar-refractivity contribution < 1.29 is 4.84 Å². The largest absolute Gasteiger partial charge is 0.398 e. The molecule has 0 bridgehead atoms. The van der Waals surface area contributed by atoms with Crippen LogP contribution in [0.4, 0.5) is 5.69 Å². The van der Waals surface area contributed by atoms with E-state index in [2.05, 4.69) is 0 Å². The van der Waals surface area contributed by atoms with Gasteiger partial charge < -0.3 is 5.73 Å². The maximum Gasteiger partial charge on any atom is 0.0685 e. The zero-order chi connectivity index (χ0) is 10.7. The summed E-state index contributed by atoms with van der Waals surface area (Å²) in [4.78, 5) is 5.51. The molecule has 2 rings (SSSR count). The third-order valence-corrected chi connectivity index (χ3v) is 2.84. The Morgan fingerprint density at radius 3 is 2.93 bits per heavy atom. The number of hydrogen-bond acceptors (Lipinski definition) is 3. The van der Waals surface area contributed by atoms with Crippen molar-refractivity contribution in [3.05, 3.63) is 28.8 Å². The van der Waals surface area contributed by atoms with Crippen LogP contribution >= 0.6 is 11.6 Å². The molecular weight excluding hydrogens is 212 g/mol. The minimum atomic E-state index is 0.610. The summed E-state index contributed by atoms with van der Waals surface area (Å²) in [5.41, 5.74) is 7.50. The zero-order valence-electron chi connectivity index (χ0n) is 8.58. The van der Waals surface area contributed by atoms with Crippen LogP contribution in [0.5, 0.6) is 0 Å². The molecule has 1 aromatic carbocycles. The average molecular weight is 227 g/mol. The molecule has 1 saturated heterocycles. The Morgan fingerprint density at radius 1 is 1.40 bits per heavy atom. The first-order valence-corrected chi connectivity index (χ1v) is 5.55. The first-order valence-electron chi connectivity index (χ1n) is 5.17. The maximum atomic E-state index is 5.85. The van der Waals surface area contributed by atoms with Crippen LogP contribution in [0, 0.1) is 0 Å². The van der Waals surface area contributed by atoms with Gasteiger partial charge in [-0.1, -0.05) is 17.7 Å². The highest BCUT2D eigenvalue weighted by molar-refractivity contribution is 6.33. The van der Waals surface area contributed by atoms with Crippen molar-refractivity contribution in [1.82, 2.24) is 5.06 Å². The number of halogens is 1. The minimum Gasteiger partial charge on any atom is -0.398 e. The number of rotatable bonds is 2. The van der Waals surface area contributed by atoms with Crippen molar-refractivity contribution in [2.75, 3.05) is 18.9 Å². The van der Waals surface area contributed by atoms with E-state index in [1.54, 1.807) is 0 Å². The molecule has 15 heavy (non-hydrogen) atoms. The third kappa shape index (κ3) is 2.84. The molecule has 0 saturated carbocycles. The predicted molar refractivity (Wildman–Crippen MR) is 61.5 cm³/mol. The molecule has 4 heteroatoms. The Hall–Kier alpha value is -0.770. The highest BCUT2D eigenvalue weighted by atomic mass is 35.5. The van der Waals surface area contributed by atoms with Crippen LogP contribution < -0.4 is 5.73 Å². The molecule has 0 atom stereocenters. The fourth-order valence-electron chi connectivity index (χ4n) is 1.67. The van der Waals surface area contributed by atoms with E-state index in [0.717, 1.165) is 31.7 Å². The van der Waals surface area contributed by atoms with E-state index in [4.69, 9.17) is 22.2 Å². The van der Waals surface area contributed by atoms with Gasteiger partial charge in [-0.3, -0.25) is 4.84 Å². The second-order valence-electron chi connectivity index (χ2n) is 3.76. The molecule has 0 spiro atoms. The van der Waals surface area contributed by atoms with Crippen LogP contribution in [0.25, 0.3) is 0 Å². The van der Waals surface area contributed by atoms with Gasteiger partial charge in [0.25, 0.3) is 0 Å². The lowest BCUT2D eigenvalue weighted by Crippen LogP contribution is -2.29. The van der Waals surface area contributed by atoms with E-state index in [9.17, 15) is 0 Å². The van der Waals surface area contributed by atoms with Gasteiger partial charge in [0, 0.05) is 13.1 Å². The lowest BCUT2D eigenvalue weighted by molar-refractivity contribution is -0.187. The van der Waals surface area contributed by atoms with Crippen molar-refractivity contribution >= 4 is 17.3 Å². The van der Waals surface area contributed by atoms with E-state index < -0.39 is 0 Å². The van der Waals surface area contributed by atoms with Gasteiger partial charge in [0.1, 0.15) is 0 Å². The molecule has 0 amide bonds. The first-order chi connectivity index (χ1) is 7.25. The minimum absolute atomic E-state index is 0.610. The topological polar surface area (TPSA) is 38.5 Å². The van der Waals surface area contributed by atoms with Crippen molar-refractivity contribution in [2.45, 2.75) is 19.4 Å². The number of nitrogens with zero attached hydrogens (tertiary/aromatic N) is 1. The van der Waals surface area contributed by atoms with Gasteiger partial charge in [0.15, 0.2) is 0 Å². The second kappa shape index (κ2) is 4.84. The lowest BCUT2D eigenvalue weighted by Gasteiger charge is -2.26.